The molecule has 0 bridgehead atoms. The van der Waals surface area contributed by atoms with E-state index in [4.69, 9.17) is 14.2 Å². The number of hydrogen-bond acceptors (Lipinski definition) is 6. The van der Waals surface area contributed by atoms with Gasteiger partial charge in [-0.25, -0.2) is 4.39 Å². The summed E-state index contributed by atoms with van der Waals surface area (Å²) in [4.78, 5) is 19.9. The number of nitrogens with zero attached hydrogens (tertiary/aromatic N) is 2. The van der Waals surface area contributed by atoms with Gasteiger partial charge in [0.05, 0.1) is 25.5 Å². The summed E-state index contributed by atoms with van der Waals surface area (Å²) in [6, 6.07) is 6.03. The normalized spacial score (nSPS) is 22.5. The van der Waals surface area contributed by atoms with Gasteiger partial charge >= 0.3 is 0 Å². The maximum Gasteiger partial charge on any atom is 0.254 e. The third-order valence-corrected chi connectivity index (χ3v) is 6.91. The molecule has 1 N–H and O–H groups in total. The molecule has 1 saturated heterocycles. The Labute approximate surface area is 205 Å². The minimum atomic E-state index is -1.07. The number of hydrogen-bond donors (Lipinski definition) is 1. The summed E-state index contributed by atoms with van der Waals surface area (Å²) in [5, 5.41) is 2.91. The minimum absolute atomic E-state index is 0.130. The predicted molar refractivity (Wildman–Crippen MR) is 129 cm³/mol. The SMILES string of the molecule is COCC(C)(C)N(C)Cc1cc(NC(=O)[C@@H]2O[C@H](C)[C@@H](C)[C@H]2c2ccc(F)c(F)c2OC)ccn1. The van der Waals surface area contributed by atoms with Crippen LogP contribution < -0.4 is 10.1 Å². The van der Waals surface area contributed by atoms with Crippen molar-refractivity contribution in [2.24, 2.45) is 5.92 Å². The lowest BCUT2D eigenvalue weighted by atomic mass is 9.82. The van der Waals surface area contributed by atoms with Gasteiger partial charge in [-0.1, -0.05) is 13.0 Å². The summed E-state index contributed by atoms with van der Waals surface area (Å²) in [7, 11) is 4.94. The number of halogens is 2. The van der Waals surface area contributed by atoms with Crippen LogP contribution in [0.3, 0.4) is 0 Å². The van der Waals surface area contributed by atoms with E-state index in [1.54, 1.807) is 19.4 Å². The molecule has 3 rings (SSSR count). The monoisotopic (exact) mass is 491 g/mol. The highest BCUT2D eigenvalue weighted by Crippen LogP contribution is 2.44. The number of nitrogens with one attached hydrogen (secondary N) is 1. The summed E-state index contributed by atoms with van der Waals surface area (Å²) in [6.45, 7) is 9.06. The molecule has 0 unspecified atom stereocenters. The lowest BCUT2D eigenvalue weighted by Gasteiger charge is -2.34. The van der Waals surface area contributed by atoms with Gasteiger partial charge in [0.15, 0.2) is 11.6 Å². The molecule has 192 valence electrons. The maximum absolute atomic E-state index is 14.4. The van der Waals surface area contributed by atoms with E-state index in [0.29, 0.717) is 24.4 Å². The molecule has 1 aromatic heterocycles. The Bertz CT molecular complexity index is 1050. The average Bonchev–Trinajstić information content (AvgIpc) is 3.10. The summed E-state index contributed by atoms with van der Waals surface area (Å²) in [5.41, 5.74) is 1.56. The topological polar surface area (TPSA) is 72.9 Å². The Hall–Kier alpha value is -2.62. The molecule has 0 spiro atoms. The number of methoxy groups -OCH3 is 2. The van der Waals surface area contributed by atoms with E-state index in [1.807, 2.05) is 27.0 Å². The number of carbonyl (C=O) groups excluding carboxylic acids is 1. The predicted octanol–water partition coefficient (Wildman–Crippen LogP) is 4.37. The Kier molecular flexibility index (Phi) is 8.46. The van der Waals surface area contributed by atoms with E-state index in [-0.39, 0.29) is 29.2 Å². The number of carbonyl (C=O) groups is 1. The van der Waals surface area contributed by atoms with Crippen molar-refractivity contribution < 1.29 is 27.8 Å². The van der Waals surface area contributed by atoms with Crippen molar-refractivity contribution in [3.05, 3.63) is 53.4 Å². The van der Waals surface area contributed by atoms with Crippen LogP contribution >= 0.6 is 0 Å². The quantitative estimate of drug-likeness (QED) is 0.562. The number of aromatic nitrogens is 1. The highest BCUT2D eigenvalue weighted by atomic mass is 19.2. The third-order valence-electron chi connectivity index (χ3n) is 6.91. The number of likely N-dealkylation sites (N-methyl/N-ethyl adjacent to an activating group) is 1. The summed E-state index contributed by atoms with van der Waals surface area (Å²) < 4.78 is 44.7. The first-order valence-electron chi connectivity index (χ1n) is 11.6. The first kappa shape index (κ1) is 27.0. The van der Waals surface area contributed by atoms with Crippen LogP contribution in [0, 0.1) is 17.6 Å². The standard InChI is InChI=1S/C26H35F2N3O4/c1-15-16(2)35-24(21(15)19-8-9-20(27)22(28)23(19)34-7)25(32)30-17-10-11-29-18(12-17)13-31(5)26(3,4)14-33-6/h8-12,15-16,21,24H,13-14H2,1-7H3,(H,29,30,32)/t15-,16-,21+,24-/m1/s1. The number of rotatable bonds is 9. The molecule has 7 nitrogen and oxygen atoms in total. The molecule has 1 fully saturated rings. The van der Waals surface area contributed by atoms with Crippen LogP contribution in [0.25, 0.3) is 0 Å². The van der Waals surface area contributed by atoms with E-state index < -0.39 is 23.7 Å². The zero-order valence-corrected chi connectivity index (χ0v) is 21.4. The molecule has 2 aromatic rings. The van der Waals surface area contributed by atoms with E-state index in [9.17, 15) is 13.6 Å². The highest BCUT2D eigenvalue weighted by Gasteiger charge is 2.46. The van der Waals surface area contributed by atoms with Crippen molar-refractivity contribution in [1.29, 1.82) is 0 Å². The van der Waals surface area contributed by atoms with Gasteiger partial charge in [0.2, 0.25) is 5.82 Å². The van der Waals surface area contributed by atoms with Crippen LogP contribution in [0.5, 0.6) is 5.75 Å². The molecule has 4 atom stereocenters. The lowest BCUT2D eigenvalue weighted by molar-refractivity contribution is -0.127. The molecule has 1 aliphatic heterocycles. The van der Waals surface area contributed by atoms with Gasteiger partial charge < -0.3 is 19.5 Å². The van der Waals surface area contributed by atoms with E-state index >= 15 is 0 Å². The highest BCUT2D eigenvalue weighted by molar-refractivity contribution is 5.95. The van der Waals surface area contributed by atoms with Crippen molar-refractivity contribution in [3.63, 3.8) is 0 Å². The molecule has 0 saturated carbocycles. The Balaban J connectivity index is 1.82. The smallest absolute Gasteiger partial charge is 0.254 e. The van der Waals surface area contributed by atoms with Gasteiger partial charge in [-0.2, -0.15) is 4.39 Å². The zero-order valence-electron chi connectivity index (χ0n) is 21.4. The fourth-order valence-corrected chi connectivity index (χ4v) is 4.47. The van der Waals surface area contributed by atoms with Gasteiger partial charge in [-0.3, -0.25) is 14.7 Å². The molecule has 9 heteroatoms. The van der Waals surface area contributed by atoms with Crippen molar-refractivity contribution >= 4 is 11.6 Å². The number of anilines is 1. The fourth-order valence-electron chi connectivity index (χ4n) is 4.47. The summed E-state index contributed by atoms with van der Waals surface area (Å²) in [5.74, 6) is -3.30. The molecule has 1 amide bonds. The van der Waals surface area contributed by atoms with Crippen LogP contribution in [-0.4, -0.2) is 61.4 Å². The Morgan fingerprint density at radius 1 is 1.23 bits per heavy atom. The van der Waals surface area contributed by atoms with Crippen LogP contribution in [-0.2, 0) is 20.8 Å². The van der Waals surface area contributed by atoms with Crippen LogP contribution in [0.1, 0.15) is 44.9 Å². The second kappa shape index (κ2) is 11.0. The van der Waals surface area contributed by atoms with Crippen LogP contribution in [0.15, 0.2) is 30.5 Å². The number of amides is 1. The minimum Gasteiger partial charge on any atom is -0.493 e. The van der Waals surface area contributed by atoms with E-state index in [2.05, 4.69) is 29.0 Å². The van der Waals surface area contributed by atoms with Crippen molar-refractivity contribution in [2.45, 2.75) is 57.9 Å². The van der Waals surface area contributed by atoms with Gasteiger partial charge in [0, 0.05) is 42.6 Å². The molecule has 1 aromatic carbocycles. The molecule has 0 aliphatic carbocycles. The lowest BCUT2D eigenvalue weighted by Crippen LogP contribution is -2.44. The molecule has 35 heavy (non-hydrogen) atoms. The molecule has 2 heterocycles. The number of benzene rings is 1. The Morgan fingerprint density at radius 3 is 2.60 bits per heavy atom. The van der Waals surface area contributed by atoms with Crippen molar-refractivity contribution in [3.8, 4) is 5.75 Å². The van der Waals surface area contributed by atoms with E-state index in [1.165, 1.54) is 13.2 Å². The van der Waals surface area contributed by atoms with Crippen LogP contribution in [0.4, 0.5) is 14.5 Å². The molecule has 1 aliphatic rings. The second-order valence-corrected chi connectivity index (χ2v) is 9.76. The Morgan fingerprint density at radius 2 is 1.94 bits per heavy atom. The third kappa shape index (κ3) is 5.79. The molecular formula is C26H35F2N3O4. The summed E-state index contributed by atoms with van der Waals surface area (Å²) in [6.07, 6.45) is 0.468. The summed E-state index contributed by atoms with van der Waals surface area (Å²) >= 11 is 0. The van der Waals surface area contributed by atoms with Crippen LogP contribution in [0.2, 0.25) is 0 Å². The second-order valence-electron chi connectivity index (χ2n) is 9.76. The van der Waals surface area contributed by atoms with Crippen molar-refractivity contribution in [1.82, 2.24) is 9.88 Å². The number of ether oxygens (including phenoxy) is 3. The zero-order chi connectivity index (χ0) is 25.9. The maximum atomic E-state index is 14.4. The largest absolute Gasteiger partial charge is 0.493 e. The van der Waals surface area contributed by atoms with E-state index in [0.717, 1.165) is 11.8 Å². The first-order chi connectivity index (χ1) is 16.5. The average molecular weight is 492 g/mol. The first-order valence-corrected chi connectivity index (χ1v) is 11.6. The fraction of sp³-hybridized carbons (Fsp3) is 0.538. The van der Waals surface area contributed by atoms with Gasteiger partial charge in [0.25, 0.3) is 5.91 Å². The van der Waals surface area contributed by atoms with Gasteiger partial charge in [-0.15, -0.1) is 0 Å². The van der Waals surface area contributed by atoms with Crippen molar-refractivity contribution in [2.75, 3.05) is 33.2 Å². The van der Waals surface area contributed by atoms with Gasteiger partial charge in [0.1, 0.15) is 6.10 Å². The van der Waals surface area contributed by atoms with Gasteiger partial charge in [-0.05, 0) is 51.9 Å². The molecule has 0 radical (unpaired) electrons. The molecular weight excluding hydrogens is 456 g/mol. The number of pyridine rings is 1.